The molecule has 3 aromatic carbocycles. The molecule has 3 aromatic rings. The molecule has 0 aliphatic heterocycles. The Labute approximate surface area is 189 Å². The molecule has 3 rings (SSSR count). The molecule has 0 heterocycles. The maximum absolute atomic E-state index is 13.6. The predicted octanol–water partition coefficient (Wildman–Crippen LogP) is 3.86. The van der Waals surface area contributed by atoms with Crippen molar-refractivity contribution in [3.63, 3.8) is 0 Å². The third-order valence-corrected chi connectivity index (χ3v) is 5.69. The number of hydrazine groups is 1. The number of carbonyl (C=O) groups excluding carboxylic acids is 2. The summed E-state index contributed by atoms with van der Waals surface area (Å²) < 4.78 is 92.6. The topological polar surface area (TPSA) is 104 Å². The number of alkyl halides is 3. The molecule has 0 bridgehead atoms. The monoisotopic (exact) mass is 499 g/mol. The van der Waals surface area contributed by atoms with Crippen LogP contribution < -0.4 is 15.6 Å². The summed E-state index contributed by atoms with van der Waals surface area (Å²) in [5, 5.41) is 0. The number of rotatable bonds is 5. The van der Waals surface area contributed by atoms with Crippen molar-refractivity contribution in [2.24, 2.45) is 0 Å². The first kappa shape index (κ1) is 24.6. The van der Waals surface area contributed by atoms with Gasteiger partial charge in [-0.2, -0.15) is 13.2 Å². The van der Waals surface area contributed by atoms with Gasteiger partial charge in [0, 0.05) is 11.3 Å². The first-order valence-corrected chi connectivity index (χ1v) is 10.7. The van der Waals surface area contributed by atoms with Crippen LogP contribution in [0.1, 0.15) is 26.3 Å². The van der Waals surface area contributed by atoms with E-state index in [2.05, 4.69) is 0 Å². The highest BCUT2D eigenvalue weighted by Gasteiger charge is 2.30. The molecule has 0 aliphatic rings. The normalized spacial score (nSPS) is 11.6. The van der Waals surface area contributed by atoms with E-state index in [0.717, 1.165) is 42.5 Å². The Morgan fingerprint density at radius 2 is 1.47 bits per heavy atom. The maximum atomic E-state index is 13.6. The zero-order valence-corrected chi connectivity index (χ0v) is 17.6. The molecule has 0 saturated heterocycles. The van der Waals surface area contributed by atoms with E-state index < -0.39 is 55.7 Å². The fourth-order valence-electron chi connectivity index (χ4n) is 2.70. The molecular weight excluding hydrogens is 485 g/mol. The first-order valence-electron chi connectivity index (χ1n) is 9.23. The number of nitrogens with one attached hydrogen (secondary N) is 3. The summed E-state index contributed by atoms with van der Waals surface area (Å²) in [6.07, 6.45) is -4.68. The Kier molecular flexibility index (Phi) is 6.86. The quantitative estimate of drug-likeness (QED) is 0.366. The van der Waals surface area contributed by atoms with Crippen molar-refractivity contribution in [1.82, 2.24) is 10.9 Å². The number of amides is 2. The summed E-state index contributed by atoms with van der Waals surface area (Å²) in [7, 11) is -4.39. The number of hydrogen-bond donors (Lipinski definition) is 3. The van der Waals surface area contributed by atoms with E-state index in [4.69, 9.17) is 0 Å². The lowest BCUT2D eigenvalue weighted by Crippen LogP contribution is -2.42. The lowest BCUT2D eigenvalue weighted by molar-refractivity contribution is -0.137. The lowest BCUT2D eigenvalue weighted by Gasteiger charge is -2.12. The number of hydrogen-bond acceptors (Lipinski definition) is 4. The van der Waals surface area contributed by atoms with Crippen LogP contribution in [0.2, 0.25) is 0 Å². The first-order chi connectivity index (χ1) is 15.9. The molecule has 178 valence electrons. The fraction of sp³-hybridized carbons (Fsp3) is 0.0476. The summed E-state index contributed by atoms with van der Waals surface area (Å²) in [5.41, 5.74) is 1.44. The summed E-state index contributed by atoms with van der Waals surface area (Å²) in [4.78, 5) is 23.8. The standard InChI is InChI=1S/C21H14F5N3O4S/c22-14-7-8-18(23)17(11-14)20(31)28-27-19(30)12-3-1-6-16(9-12)34(32,33)29-15-5-2-4-13(10-15)21(24,25)26/h1-11,29H,(H,27,30)(H,28,31). The van der Waals surface area contributed by atoms with E-state index in [1.54, 1.807) is 0 Å². The molecule has 34 heavy (non-hydrogen) atoms. The summed E-state index contributed by atoms with van der Waals surface area (Å²) in [6.45, 7) is 0. The Morgan fingerprint density at radius 1 is 0.794 bits per heavy atom. The molecule has 7 nitrogen and oxygen atoms in total. The van der Waals surface area contributed by atoms with Gasteiger partial charge < -0.3 is 0 Å². The summed E-state index contributed by atoms with van der Waals surface area (Å²) >= 11 is 0. The van der Waals surface area contributed by atoms with Crippen molar-refractivity contribution < 1.29 is 40.0 Å². The molecule has 0 aliphatic carbocycles. The molecule has 0 radical (unpaired) electrons. The van der Waals surface area contributed by atoms with Crippen LogP contribution in [0.3, 0.4) is 0 Å². The van der Waals surface area contributed by atoms with Gasteiger partial charge in [-0.05, 0) is 54.6 Å². The van der Waals surface area contributed by atoms with Gasteiger partial charge in [0.2, 0.25) is 0 Å². The van der Waals surface area contributed by atoms with Crippen LogP contribution in [0.5, 0.6) is 0 Å². The Bertz CT molecular complexity index is 1360. The van der Waals surface area contributed by atoms with E-state index in [1.165, 1.54) is 12.1 Å². The largest absolute Gasteiger partial charge is 0.416 e. The van der Waals surface area contributed by atoms with Gasteiger partial charge in [0.05, 0.1) is 16.0 Å². The van der Waals surface area contributed by atoms with E-state index >= 15 is 0 Å². The Hall–Kier alpha value is -4.00. The van der Waals surface area contributed by atoms with Gasteiger partial charge >= 0.3 is 6.18 Å². The highest BCUT2D eigenvalue weighted by molar-refractivity contribution is 7.92. The third kappa shape index (κ3) is 5.86. The number of anilines is 1. The van der Waals surface area contributed by atoms with Crippen LogP contribution in [0.4, 0.5) is 27.6 Å². The van der Waals surface area contributed by atoms with Crippen molar-refractivity contribution in [2.45, 2.75) is 11.1 Å². The zero-order chi connectivity index (χ0) is 25.1. The van der Waals surface area contributed by atoms with E-state index in [0.29, 0.717) is 12.1 Å². The number of halogens is 5. The molecule has 13 heteroatoms. The molecule has 0 spiro atoms. The average Bonchev–Trinajstić information content (AvgIpc) is 2.78. The highest BCUT2D eigenvalue weighted by atomic mass is 32.2. The minimum absolute atomic E-state index is 0.257. The Balaban J connectivity index is 1.74. The average molecular weight is 499 g/mol. The minimum Gasteiger partial charge on any atom is -0.280 e. The Morgan fingerprint density at radius 3 is 2.18 bits per heavy atom. The van der Waals surface area contributed by atoms with Crippen molar-refractivity contribution in [3.8, 4) is 0 Å². The molecule has 0 atom stereocenters. The van der Waals surface area contributed by atoms with Crippen molar-refractivity contribution >= 4 is 27.5 Å². The molecule has 0 unspecified atom stereocenters. The smallest absolute Gasteiger partial charge is 0.280 e. The van der Waals surface area contributed by atoms with Crippen molar-refractivity contribution in [3.05, 3.63) is 95.1 Å². The third-order valence-electron chi connectivity index (χ3n) is 4.31. The van der Waals surface area contributed by atoms with E-state index in [1.807, 2.05) is 15.6 Å². The summed E-state index contributed by atoms with van der Waals surface area (Å²) in [6, 6.07) is 10.0. The molecule has 0 fully saturated rings. The van der Waals surface area contributed by atoms with Gasteiger partial charge in [-0.3, -0.25) is 25.2 Å². The maximum Gasteiger partial charge on any atom is 0.416 e. The number of carbonyl (C=O) groups is 2. The lowest BCUT2D eigenvalue weighted by atomic mass is 10.2. The number of sulfonamides is 1. The second kappa shape index (κ2) is 9.47. The SMILES string of the molecule is O=C(NNC(=O)c1cc(F)ccc1F)c1cccc(S(=O)(=O)Nc2cccc(C(F)(F)F)c2)c1. The van der Waals surface area contributed by atoms with Gasteiger partial charge in [-0.1, -0.05) is 12.1 Å². The fourth-order valence-corrected chi connectivity index (χ4v) is 3.80. The molecular formula is C21H14F5N3O4S. The predicted molar refractivity (Wildman–Crippen MR) is 110 cm³/mol. The van der Waals surface area contributed by atoms with E-state index in [-0.39, 0.29) is 11.3 Å². The van der Waals surface area contributed by atoms with Gasteiger partial charge in [-0.15, -0.1) is 0 Å². The molecule has 3 N–H and O–H groups in total. The molecule has 0 aromatic heterocycles. The van der Waals surface area contributed by atoms with Gasteiger partial charge in [0.15, 0.2) is 0 Å². The second-order valence-electron chi connectivity index (χ2n) is 6.74. The van der Waals surface area contributed by atoms with Crippen LogP contribution in [-0.4, -0.2) is 20.2 Å². The molecule has 0 saturated carbocycles. The van der Waals surface area contributed by atoms with Crippen LogP contribution >= 0.6 is 0 Å². The van der Waals surface area contributed by atoms with Gasteiger partial charge in [0.25, 0.3) is 21.8 Å². The summed E-state index contributed by atoms with van der Waals surface area (Å²) in [5.74, 6) is -4.09. The number of benzene rings is 3. The van der Waals surface area contributed by atoms with Crippen LogP contribution in [0.25, 0.3) is 0 Å². The van der Waals surface area contributed by atoms with Crippen LogP contribution in [-0.2, 0) is 16.2 Å². The highest BCUT2D eigenvalue weighted by Crippen LogP contribution is 2.31. The van der Waals surface area contributed by atoms with Crippen molar-refractivity contribution in [2.75, 3.05) is 4.72 Å². The minimum atomic E-state index is -4.68. The molecule has 2 amide bonds. The van der Waals surface area contributed by atoms with Gasteiger partial charge in [-0.25, -0.2) is 17.2 Å². The van der Waals surface area contributed by atoms with Crippen LogP contribution in [0, 0.1) is 11.6 Å². The van der Waals surface area contributed by atoms with Crippen LogP contribution in [0.15, 0.2) is 71.6 Å². The van der Waals surface area contributed by atoms with E-state index in [9.17, 15) is 40.0 Å². The van der Waals surface area contributed by atoms with Crippen molar-refractivity contribution in [1.29, 1.82) is 0 Å². The zero-order valence-electron chi connectivity index (χ0n) is 16.8. The second-order valence-corrected chi connectivity index (χ2v) is 8.43. The van der Waals surface area contributed by atoms with Gasteiger partial charge in [0.1, 0.15) is 11.6 Å².